The first-order chi connectivity index (χ1) is 11.2. The molecule has 0 N–H and O–H groups in total. The molecule has 1 aromatic carbocycles. The monoisotopic (exact) mass is 356 g/mol. The molecule has 1 fully saturated rings. The Morgan fingerprint density at radius 1 is 1.25 bits per heavy atom. The lowest BCUT2D eigenvalue weighted by Gasteiger charge is -2.27. The minimum atomic E-state index is -3.95. The van der Waals surface area contributed by atoms with Gasteiger partial charge in [-0.15, -0.1) is 0 Å². The molecule has 24 heavy (non-hydrogen) atoms. The Kier molecular flexibility index (Phi) is 5.65. The summed E-state index contributed by atoms with van der Waals surface area (Å²) >= 11 is 0. The van der Waals surface area contributed by atoms with E-state index >= 15 is 0 Å². The molecular formula is C17H25FN2O3S. The fourth-order valence-corrected chi connectivity index (χ4v) is 4.41. The van der Waals surface area contributed by atoms with E-state index in [1.807, 2.05) is 13.8 Å². The first-order valence-corrected chi connectivity index (χ1v) is 9.80. The van der Waals surface area contributed by atoms with Crippen molar-refractivity contribution < 1.29 is 17.6 Å². The number of rotatable bonds is 7. The van der Waals surface area contributed by atoms with Gasteiger partial charge in [0, 0.05) is 30.7 Å². The molecule has 0 bridgehead atoms. The Hall–Kier alpha value is -1.47. The molecule has 1 aliphatic rings. The molecule has 7 heteroatoms. The maximum Gasteiger partial charge on any atom is 0.254 e. The van der Waals surface area contributed by atoms with Crippen LogP contribution in [0.15, 0.2) is 23.1 Å². The Morgan fingerprint density at radius 2 is 1.83 bits per heavy atom. The van der Waals surface area contributed by atoms with E-state index in [0.29, 0.717) is 0 Å². The minimum absolute atomic E-state index is 0.0119. The second kappa shape index (κ2) is 7.19. The van der Waals surface area contributed by atoms with Crippen LogP contribution in [0.4, 0.5) is 4.39 Å². The van der Waals surface area contributed by atoms with E-state index in [1.54, 1.807) is 18.7 Å². The van der Waals surface area contributed by atoms with Crippen molar-refractivity contribution in [2.75, 3.05) is 13.1 Å². The number of amides is 1. The van der Waals surface area contributed by atoms with E-state index in [1.165, 1.54) is 16.4 Å². The summed E-state index contributed by atoms with van der Waals surface area (Å²) in [5.74, 6) is -1.08. The van der Waals surface area contributed by atoms with Crippen LogP contribution in [0.5, 0.6) is 0 Å². The van der Waals surface area contributed by atoms with Gasteiger partial charge in [-0.05, 0) is 44.9 Å². The lowest BCUT2D eigenvalue weighted by Crippen LogP contribution is -2.39. The number of halogens is 1. The van der Waals surface area contributed by atoms with Crippen LogP contribution in [-0.2, 0) is 10.0 Å². The van der Waals surface area contributed by atoms with Crippen LogP contribution in [-0.4, -0.2) is 48.7 Å². The van der Waals surface area contributed by atoms with Crippen LogP contribution in [0.3, 0.4) is 0 Å². The Morgan fingerprint density at radius 3 is 2.29 bits per heavy atom. The molecule has 134 valence electrons. The Balaban J connectivity index is 2.43. The van der Waals surface area contributed by atoms with Crippen molar-refractivity contribution >= 4 is 15.9 Å². The molecule has 1 aromatic rings. The molecule has 0 radical (unpaired) electrons. The van der Waals surface area contributed by atoms with Gasteiger partial charge in [-0.25, -0.2) is 12.8 Å². The largest absolute Gasteiger partial charge is 0.333 e. The normalized spacial score (nSPS) is 15.1. The highest BCUT2D eigenvalue weighted by atomic mass is 32.2. The van der Waals surface area contributed by atoms with Crippen molar-refractivity contribution in [3.05, 3.63) is 29.6 Å². The lowest BCUT2D eigenvalue weighted by atomic mass is 10.1. The van der Waals surface area contributed by atoms with Gasteiger partial charge in [-0.3, -0.25) is 4.79 Å². The van der Waals surface area contributed by atoms with Crippen LogP contribution >= 0.6 is 0 Å². The zero-order valence-corrected chi connectivity index (χ0v) is 15.4. The van der Waals surface area contributed by atoms with Crippen molar-refractivity contribution in [3.63, 3.8) is 0 Å². The van der Waals surface area contributed by atoms with Gasteiger partial charge in [0.1, 0.15) is 10.7 Å². The molecule has 0 atom stereocenters. The maximum absolute atomic E-state index is 14.2. The van der Waals surface area contributed by atoms with E-state index in [9.17, 15) is 17.6 Å². The van der Waals surface area contributed by atoms with Crippen LogP contribution in [0.25, 0.3) is 0 Å². The molecule has 0 aliphatic heterocycles. The van der Waals surface area contributed by atoms with Gasteiger partial charge in [0.25, 0.3) is 5.91 Å². The standard InChI is InChI=1S/C17H25FN2O3S/c1-5-19(6-2)24(22,23)16-11-13(7-10-15(16)18)17(21)20(12(3)4)14-8-9-14/h7,10-12,14H,5-6,8-9H2,1-4H3. The van der Waals surface area contributed by atoms with Crippen LogP contribution in [0.2, 0.25) is 0 Å². The van der Waals surface area contributed by atoms with Crippen molar-refractivity contribution in [2.24, 2.45) is 0 Å². The van der Waals surface area contributed by atoms with Crippen molar-refractivity contribution in [1.82, 2.24) is 9.21 Å². The average Bonchev–Trinajstić information content (AvgIpc) is 3.32. The summed E-state index contributed by atoms with van der Waals surface area (Å²) in [6, 6.07) is 3.80. The SMILES string of the molecule is CCN(CC)S(=O)(=O)c1cc(C(=O)N(C(C)C)C2CC2)ccc1F. The smallest absolute Gasteiger partial charge is 0.254 e. The third-order valence-electron chi connectivity index (χ3n) is 4.23. The van der Waals surface area contributed by atoms with Crippen LogP contribution in [0, 0.1) is 5.82 Å². The molecule has 0 heterocycles. The van der Waals surface area contributed by atoms with Crippen molar-refractivity contribution in [2.45, 2.75) is 57.5 Å². The summed E-state index contributed by atoms with van der Waals surface area (Å²) in [7, 11) is -3.95. The molecule has 0 unspecified atom stereocenters. The summed E-state index contributed by atoms with van der Waals surface area (Å²) < 4.78 is 40.5. The fourth-order valence-electron chi connectivity index (χ4n) is 2.86. The highest BCUT2D eigenvalue weighted by Gasteiger charge is 2.35. The lowest BCUT2D eigenvalue weighted by molar-refractivity contribution is 0.0690. The van der Waals surface area contributed by atoms with E-state index < -0.39 is 20.7 Å². The van der Waals surface area contributed by atoms with E-state index in [-0.39, 0.29) is 36.6 Å². The minimum Gasteiger partial charge on any atom is -0.333 e. The second-order valence-corrected chi connectivity index (χ2v) is 8.18. The van der Waals surface area contributed by atoms with Crippen LogP contribution in [0.1, 0.15) is 50.9 Å². The fraction of sp³-hybridized carbons (Fsp3) is 0.588. The highest BCUT2D eigenvalue weighted by molar-refractivity contribution is 7.89. The van der Waals surface area contributed by atoms with Gasteiger partial charge in [0.2, 0.25) is 10.0 Å². The molecule has 5 nitrogen and oxygen atoms in total. The number of benzene rings is 1. The average molecular weight is 356 g/mol. The zero-order valence-electron chi connectivity index (χ0n) is 14.6. The van der Waals surface area contributed by atoms with Crippen molar-refractivity contribution in [1.29, 1.82) is 0 Å². The topological polar surface area (TPSA) is 57.7 Å². The Labute approximate surface area is 143 Å². The number of carbonyl (C=O) groups is 1. The number of carbonyl (C=O) groups excluding carboxylic acids is 1. The van der Waals surface area contributed by atoms with E-state index in [4.69, 9.17) is 0 Å². The van der Waals surface area contributed by atoms with Gasteiger partial charge in [0.05, 0.1) is 0 Å². The Bertz CT molecular complexity index is 709. The second-order valence-electron chi connectivity index (χ2n) is 6.27. The summed E-state index contributed by atoms with van der Waals surface area (Å²) in [5, 5.41) is 0. The predicted octanol–water partition coefficient (Wildman–Crippen LogP) is 2.87. The number of hydrogen-bond acceptors (Lipinski definition) is 3. The number of sulfonamides is 1. The molecule has 1 aliphatic carbocycles. The van der Waals surface area contributed by atoms with Gasteiger partial charge in [-0.1, -0.05) is 13.8 Å². The zero-order chi connectivity index (χ0) is 18.1. The molecule has 0 spiro atoms. The molecule has 1 saturated carbocycles. The summed E-state index contributed by atoms with van der Waals surface area (Å²) in [4.78, 5) is 14.1. The molecule has 0 saturated heterocycles. The molecular weight excluding hydrogens is 331 g/mol. The molecule has 2 rings (SSSR count). The quantitative estimate of drug-likeness (QED) is 0.755. The van der Waals surface area contributed by atoms with E-state index in [2.05, 4.69) is 0 Å². The van der Waals surface area contributed by atoms with Crippen LogP contribution < -0.4 is 0 Å². The molecule has 0 aromatic heterocycles. The maximum atomic E-state index is 14.2. The third kappa shape index (κ3) is 3.62. The number of hydrogen-bond donors (Lipinski definition) is 0. The highest BCUT2D eigenvalue weighted by Crippen LogP contribution is 2.31. The van der Waals surface area contributed by atoms with Gasteiger partial charge < -0.3 is 4.90 Å². The van der Waals surface area contributed by atoms with E-state index in [0.717, 1.165) is 18.9 Å². The van der Waals surface area contributed by atoms with Gasteiger partial charge in [-0.2, -0.15) is 4.31 Å². The van der Waals surface area contributed by atoms with Gasteiger partial charge >= 0.3 is 0 Å². The first kappa shape index (κ1) is 18.9. The molecule has 1 amide bonds. The summed E-state index contributed by atoms with van der Waals surface area (Å²) in [6.45, 7) is 7.73. The third-order valence-corrected chi connectivity index (χ3v) is 6.30. The predicted molar refractivity (Wildman–Crippen MR) is 90.8 cm³/mol. The first-order valence-electron chi connectivity index (χ1n) is 8.36. The number of nitrogens with zero attached hydrogens (tertiary/aromatic N) is 2. The summed E-state index contributed by atoms with van der Waals surface area (Å²) in [6.07, 6.45) is 1.91. The summed E-state index contributed by atoms with van der Waals surface area (Å²) in [5.41, 5.74) is 0.211. The van der Waals surface area contributed by atoms with Gasteiger partial charge in [0.15, 0.2) is 0 Å². The van der Waals surface area contributed by atoms with Crippen molar-refractivity contribution in [3.8, 4) is 0 Å².